The molecule has 480 valence electrons. The highest BCUT2D eigenvalue weighted by Crippen LogP contribution is 2.42. The number of likely N-dealkylation sites (N-methyl/N-ethyl adjacent to an activating group) is 1. The molecule has 0 spiro atoms. The number of amidine groups is 2. The van der Waals surface area contributed by atoms with Crippen LogP contribution in [0.4, 0.5) is 34.5 Å². The Kier molecular flexibility index (Phi) is 18.1. The number of nitrogen functional groups attached to an aromatic ring is 3. The van der Waals surface area contributed by atoms with Gasteiger partial charge in [0.1, 0.15) is 65.3 Å². The van der Waals surface area contributed by atoms with Crippen molar-refractivity contribution in [3.63, 3.8) is 0 Å². The zero-order valence-corrected chi connectivity index (χ0v) is 55.3. The van der Waals surface area contributed by atoms with Gasteiger partial charge in [-0.2, -0.15) is 31.1 Å². The van der Waals surface area contributed by atoms with E-state index < -0.39 is 0 Å². The normalized spacial score (nSPS) is 16.6. The van der Waals surface area contributed by atoms with Crippen molar-refractivity contribution >= 4 is 46.2 Å². The third kappa shape index (κ3) is 12.9. The van der Waals surface area contributed by atoms with Crippen LogP contribution in [0.3, 0.4) is 0 Å². The summed E-state index contributed by atoms with van der Waals surface area (Å²) in [6.45, 7) is 14.6. The van der Waals surface area contributed by atoms with Gasteiger partial charge in [-0.05, 0) is 90.8 Å². The summed E-state index contributed by atoms with van der Waals surface area (Å²) in [6.07, 6.45) is 7.44. The summed E-state index contributed by atoms with van der Waals surface area (Å²) in [5.41, 5.74) is 35.7. The topological polar surface area (TPSA) is 307 Å². The average molecular weight is 1260 g/mol. The van der Waals surface area contributed by atoms with Crippen molar-refractivity contribution in [2.45, 2.75) is 92.1 Å². The predicted octanol–water partition coefficient (Wildman–Crippen LogP) is 10.8. The first-order valence-electron chi connectivity index (χ1n) is 31.0. The Balaban J connectivity index is 0.000000144. The maximum atomic E-state index is 9.89. The number of aromatic nitrogens is 9. The molecule has 94 heavy (non-hydrogen) atoms. The number of likely N-dealkylation sites (tertiary alicyclic amines) is 1. The van der Waals surface area contributed by atoms with E-state index in [1.165, 1.54) is 0 Å². The van der Waals surface area contributed by atoms with Crippen LogP contribution in [-0.2, 0) is 40.5 Å². The van der Waals surface area contributed by atoms with Crippen molar-refractivity contribution in [3.8, 4) is 68.8 Å². The van der Waals surface area contributed by atoms with Gasteiger partial charge in [-0.25, -0.2) is 29.9 Å². The van der Waals surface area contributed by atoms with Crippen LogP contribution in [0.15, 0.2) is 101 Å². The van der Waals surface area contributed by atoms with Crippen molar-refractivity contribution in [1.82, 2.24) is 59.1 Å². The number of benzene rings is 3. The number of hydrogen-bond acceptors (Lipinski definition) is 21. The molecule has 0 unspecified atom stereocenters. The minimum atomic E-state index is -0.301. The fraction of sp³-hybridized carbons (Fsp3) is 0.329. The highest BCUT2D eigenvalue weighted by molar-refractivity contribution is 5.91. The molecule has 13 rings (SSSR count). The number of nitrogens with two attached hydrogens (primary N) is 3. The molecular formula is C70H77N21O3. The van der Waals surface area contributed by atoms with Crippen molar-refractivity contribution in [1.29, 1.82) is 15.8 Å². The Labute approximate surface area is 547 Å². The second kappa shape index (κ2) is 26.5. The number of pyridine rings is 3. The van der Waals surface area contributed by atoms with E-state index in [0.717, 1.165) is 133 Å². The molecule has 4 aliphatic rings. The Morgan fingerprint density at radius 3 is 1.35 bits per heavy atom. The standard InChI is InChI=1S/C25H27N7O.C23H25N7O.C22H25N7O/c1-15-6-7-19-18(10-15)16(2)33-22-11-17(14-28-25(22)27)24-20(30-31(3)21(24)13-26)12-23(29-19)32-8-4-5-9-32;1-13-6-7-17-16(8-13)14(2)31-20-9-15(12-26-23(20)25)22-18(10-21(27-17)29(3)4)28-30(5)19(22)11-24;1-13-6-7-18-16(8-13)14(2)30-20-9-15(11-25-22(20)24)21-17(12-27(3)29(18)5)26-28(4)19(21)10-23/h6-7,10-11,14,16H,4-5,8-9,12H2,1-3H3,(H2,27,28);6-9,12,14H,10H2,1-5H3,(H2,25,26);6-9,11,14H,12H2,1-5H3,(H2,24,25)/t16-;2*14-/m111/s1. The summed E-state index contributed by atoms with van der Waals surface area (Å²) in [5.74, 6) is 4.13. The quantitative estimate of drug-likeness (QED) is 0.127. The van der Waals surface area contributed by atoms with Gasteiger partial charge < -0.3 is 46.2 Å². The predicted molar refractivity (Wildman–Crippen MR) is 363 cm³/mol. The van der Waals surface area contributed by atoms with Gasteiger partial charge in [-0.3, -0.25) is 14.0 Å². The zero-order valence-electron chi connectivity index (χ0n) is 55.3. The SMILES string of the molecule is Cc1ccc2c(c1)[C@@H](C)Oc1cc(cnc1N)-c1c(nn(C)c1C#N)CC(N(C)C)=N2.Cc1ccc2c(c1)[C@@H](C)Oc1cc(cnc1N)-c1c(nn(C)c1C#N)CC(N1CCCC1)=N2.Cc1ccc2c(c1)[C@@H](C)Oc1cc(cnc1N)-c1c(nn(C)c1C#N)CN(C)N2C. The summed E-state index contributed by atoms with van der Waals surface area (Å²) in [4.78, 5) is 27.5. The van der Waals surface area contributed by atoms with E-state index in [2.05, 4.69) is 109 Å². The Bertz CT molecular complexity index is 4600. The number of hydrogen-bond donors (Lipinski definition) is 3. The van der Waals surface area contributed by atoms with E-state index in [1.807, 2.05) is 97.2 Å². The number of hydrazine groups is 1. The molecule has 1 saturated heterocycles. The third-order valence-corrected chi connectivity index (χ3v) is 17.3. The van der Waals surface area contributed by atoms with Gasteiger partial charge in [0.25, 0.3) is 0 Å². The first kappa shape index (κ1) is 64.2. The highest BCUT2D eigenvalue weighted by atomic mass is 16.5. The van der Waals surface area contributed by atoms with Crippen molar-refractivity contribution < 1.29 is 14.2 Å². The number of ether oxygens (including phenoxy) is 3. The number of anilines is 4. The summed E-state index contributed by atoms with van der Waals surface area (Å²) < 4.78 is 23.7. The lowest BCUT2D eigenvalue weighted by atomic mass is 10.0. The monoisotopic (exact) mass is 1260 g/mol. The van der Waals surface area contributed by atoms with E-state index in [4.69, 9.17) is 46.5 Å². The Morgan fingerprint density at radius 2 is 0.904 bits per heavy atom. The smallest absolute Gasteiger partial charge is 0.166 e. The van der Waals surface area contributed by atoms with E-state index in [1.54, 1.807) is 53.8 Å². The van der Waals surface area contributed by atoms with Gasteiger partial charge in [0.2, 0.25) is 0 Å². The second-order valence-electron chi connectivity index (χ2n) is 24.3. The molecule has 4 aliphatic heterocycles. The first-order chi connectivity index (χ1) is 45.0. The van der Waals surface area contributed by atoms with Gasteiger partial charge in [0.05, 0.1) is 53.5 Å². The van der Waals surface area contributed by atoms with Crippen LogP contribution < -0.4 is 36.4 Å². The Hall–Kier alpha value is -11.3. The van der Waals surface area contributed by atoms with Crippen LogP contribution in [0, 0.1) is 54.8 Å². The molecule has 0 amide bonds. The van der Waals surface area contributed by atoms with Gasteiger partial charge in [0, 0.05) is 131 Å². The lowest BCUT2D eigenvalue weighted by Crippen LogP contribution is -2.37. The molecule has 3 atom stereocenters. The average Bonchev–Trinajstić information content (AvgIpc) is 1.55. The van der Waals surface area contributed by atoms with Crippen molar-refractivity contribution in [2.24, 2.45) is 31.1 Å². The molecule has 6 bridgehead atoms. The first-order valence-corrected chi connectivity index (χ1v) is 31.0. The minimum absolute atomic E-state index is 0.252. The van der Waals surface area contributed by atoms with E-state index in [9.17, 15) is 15.8 Å². The lowest BCUT2D eigenvalue weighted by molar-refractivity contribution is 0.225. The van der Waals surface area contributed by atoms with Crippen LogP contribution in [0.1, 0.15) is 119 Å². The number of nitriles is 3. The molecule has 1 fully saturated rings. The molecule has 0 aliphatic carbocycles. The molecular weight excluding hydrogens is 1180 g/mol. The Morgan fingerprint density at radius 1 is 0.511 bits per heavy atom. The van der Waals surface area contributed by atoms with Crippen LogP contribution in [-0.4, -0.2) is 112 Å². The summed E-state index contributed by atoms with van der Waals surface area (Å²) in [7, 11) is 13.2. The third-order valence-electron chi connectivity index (χ3n) is 17.3. The van der Waals surface area contributed by atoms with Crippen LogP contribution in [0.2, 0.25) is 0 Å². The number of aliphatic imine (C=N–C) groups is 2. The fourth-order valence-electron chi connectivity index (χ4n) is 12.3. The maximum absolute atomic E-state index is 9.89. The second-order valence-corrected chi connectivity index (χ2v) is 24.3. The molecule has 0 radical (unpaired) electrons. The molecule has 9 aromatic rings. The van der Waals surface area contributed by atoms with E-state index in [0.29, 0.717) is 76.7 Å². The molecule has 24 heteroatoms. The summed E-state index contributed by atoms with van der Waals surface area (Å²) >= 11 is 0. The molecule has 6 N–H and O–H groups in total. The zero-order chi connectivity index (χ0) is 67.0. The largest absolute Gasteiger partial charge is 0.482 e. The molecule has 0 saturated carbocycles. The number of fused-ring (bicyclic) bond motifs is 15. The number of aryl methyl sites for hydroxylation is 6. The van der Waals surface area contributed by atoms with Crippen LogP contribution in [0.25, 0.3) is 33.4 Å². The summed E-state index contributed by atoms with van der Waals surface area (Å²) in [6, 6.07) is 31.0. The van der Waals surface area contributed by atoms with Crippen molar-refractivity contribution in [3.05, 3.63) is 159 Å². The molecule has 24 nitrogen and oxygen atoms in total. The van der Waals surface area contributed by atoms with E-state index in [-0.39, 0.29) is 18.3 Å². The minimum Gasteiger partial charge on any atom is -0.482 e. The lowest BCUT2D eigenvalue weighted by Gasteiger charge is -2.33. The van der Waals surface area contributed by atoms with Crippen LogP contribution >= 0.6 is 0 Å². The molecule has 3 aromatic carbocycles. The van der Waals surface area contributed by atoms with E-state index >= 15 is 0 Å². The maximum Gasteiger partial charge on any atom is 0.166 e. The van der Waals surface area contributed by atoms with Gasteiger partial charge in [0.15, 0.2) is 34.7 Å². The summed E-state index contributed by atoms with van der Waals surface area (Å²) in [5, 5.41) is 47.5. The number of rotatable bonds is 0. The van der Waals surface area contributed by atoms with Gasteiger partial charge in [-0.15, -0.1) is 0 Å². The van der Waals surface area contributed by atoms with Crippen molar-refractivity contribution in [2.75, 3.05) is 63.5 Å². The van der Waals surface area contributed by atoms with Crippen LogP contribution in [0.5, 0.6) is 17.2 Å². The molecule has 6 aromatic heterocycles. The van der Waals surface area contributed by atoms with Gasteiger partial charge in [-0.1, -0.05) is 53.1 Å². The fourth-order valence-corrected chi connectivity index (χ4v) is 12.3. The molecule has 10 heterocycles. The highest BCUT2D eigenvalue weighted by Gasteiger charge is 2.30. The number of nitrogens with zero attached hydrogens (tertiary/aromatic N) is 18. The van der Waals surface area contributed by atoms with Gasteiger partial charge >= 0.3 is 0 Å².